The smallest absolute Gasteiger partial charge is 0.305 e. The number of methoxy groups -OCH3 is 1. The van der Waals surface area contributed by atoms with Crippen molar-refractivity contribution in [2.24, 2.45) is 5.10 Å². The van der Waals surface area contributed by atoms with E-state index < -0.39 is 0 Å². The lowest BCUT2D eigenvalue weighted by Crippen LogP contribution is -2.40. The first-order valence-corrected chi connectivity index (χ1v) is 6.32. The second-order valence-corrected chi connectivity index (χ2v) is 4.27. The van der Waals surface area contributed by atoms with Gasteiger partial charge in [-0.2, -0.15) is 9.67 Å². The van der Waals surface area contributed by atoms with E-state index in [2.05, 4.69) is 10.5 Å². The lowest BCUT2D eigenvalue weighted by Gasteiger charge is -2.03. The van der Waals surface area contributed by atoms with Crippen LogP contribution in [0.15, 0.2) is 53.9 Å². The molecule has 0 bridgehead atoms. The predicted molar refractivity (Wildman–Crippen MR) is 77.0 cm³/mol. The fraction of sp³-hybridized carbons (Fsp3) is 0.133. The third-order valence-electron chi connectivity index (χ3n) is 2.71. The Labute approximate surface area is 122 Å². The number of nitrogens with one attached hydrogen (secondary N) is 1. The molecule has 0 saturated carbocycles. The molecule has 108 valence electrons. The molecule has 0 fully saturated rings. The average molecular weight is 286 g/mol. The molecular weight excluding hydrogens is 270 g/mol. The summed E-state index contributed by atoms with van der Waals surface area (Å²) in [6.45, 7) is 0.192. The standard InChI is InChI=1S/C15H15N3O3/c1-21-14-9-12(5-6-13(14)19)10-16-17-15(20)11-18-7-3-2-4-8-18/h2-10H,11H2,1H3,(H-,16,17,19,20)/p+1. The number of hydrazone groups is 1. The van der Waals surface area contributed by atoms with E-state index in [1.807, 2.05) is 18.2 Å². The Morgan fingerprint density at radius 3 is 2.86 bits per heavy atom. The van der Waals surface area contributed by atoms with Crippen molar-refractivity contribution >= 4 is 12.1 Å². The number of hydrogen-bond acceptors (Lipinski definition) is 4. The Morgan fingerprint density at radius 2 is 2.14 bits per heavy atom. The summed E-state index contributed by atoms with van der Waals surface area (Å²) in [5, 5.41) is 13.3. The van der Waals surface area contributed by atoms with Crippen LogP contribution in [-0.2, 0) is 11.3 Å². The molecule has 0 unspecified atom stereocenters. The highest BCUT2D eigenvalue weighted by atomic mass is 16.5. The number of aromatic nitrogens is 1. The molecule has 2 aromatic rings. The molecule has 2 N–H and O–H groups in total. The summed E-state index contributed by atoms with van der Waals surface area (Å²) in [6.07, 6.45) is 5.08. The van der Waals surface area contributed by atoms with Gasteiger partial charge >= 0.3 is 5.91 Å². The Bertz CT molecular complexity index is 642. The zero-order valence-electron chi connectivity index (χ0n) is 11.6. The van der Waals surface area contributed by atoms with Crippen molar-refractivity contribution in [3.8, 4) is 11.5 Å². The zero-order chi connectivity index (χ0) is 15.1. The number of amides is 1. The molecule has 1 heterocycles. The van der Waals surface area contributed by atoms with Crippen LogP contribution in [0.25, 0.3) is 0 Å². The van der Waals surface area contributed by atoms with Gasteiger partial charge in [0, 0.05) is 12.1 Å². The van der Waals surface area contributed by atoms with E-state index >= 15 is 0 Å². The third-order valence-corrected chi connectivity index (χ3v) is 2.71. The minimum absolute atomic E-state index is 0.0548. The fourth-order valence-corrected chi connectivity index (χ4v) is 1.69. The monoisotopic (exact) mass is 286 g/mol. The number of carbonyl (C=O) groups is 1. The number of benzene rings is 1. The molecule has 6 heteroatoms. The second-order valence-electron chi connectivity index (χ2n) is 4.27. The number of pyridine rings is 1. The molecule has 2 rings (SSSR count). The fourth-order valence-electron chi connectivity index (χ4n) is 1.69. The summed E-state index contributed by atoms with van der Waals surface area (Å²) in [4.78, 5) is 11.7. The lowest BCUT2D eigenvalue weighted by molar-refractivity contribution is -0.684. The molecule has 0 saturated heterocycles. The normalized spacial score (nSPS) is 10.5. The molecule has 1 aromatic carbocycles. The molecule has 0 aliphatic carbocycles. The van der Waals surface area contributed by atoms with E-state index in [4.69, 9.17) is 4.74 Å². The van der Waals surface area contributed by atoms with Gasteiger partial charge in [0.05, 0.1) is 13.3 Å². The van der Waals surface area contributed by atoms with Crippen molar-refractivity contribution < 1.29 is 19.2 Å². The Kier molecular flexibility index (Phi) is 4.87. The van der Waals surface area contributed by atoms with E-state index in [1.165, 1.54) is 19.4 Å². The molecule has 0 atom stereocenters. The maximum Gasteiger partial charge on any atom is 0.305 e. The van der Waals surface area contributed by atoms with E-state index in [1.54, 1.807) is 29.1 Å². The molecule has 21 heavy (non-hydrogen) atoms. The van der Waals surface area contributed by atoms with Crippen LogP contribution < -0.4 is 14.7 Å². The molecule has 1 amide bonds. The van der Waals surface area contributed by atoms with Crippen LogP contribution in [0.3, 0.4) is 0 Å². The van der Waals surface area contributed by atoms with Crippen LogP contribution in [0.5, 0.6) is 11.5 Å². The summed E-state index contributed by atoms with van der Waals surface area (Å²) in [6, 6.07) is 10.4. The minimum Gasteiger partial charge on any atom is -0.504 e. The summed E-state index contributed by atoms with van der Waals surface area (Å²) in [7, 11) is 1.47. The number of ether oxygens (including phenoxy) is 1. The third kappa shape index (κ3) is 4.31. The number of phenolic OH excluding ortho intramolecular Hbond substituents is 1. The number of nitrogens with zero attached hydrogens (tertiary/aromatic N) is 2. The van der Waals surface area contributed by atoms with E-state index in [-0.39, 0.29) is 18.2 Å². The summed E-state index contributed by atoms with van der Waals surface area (Å²) in [5.74, 6) is 0.178. The highest BCUT2D eigenvalue weighted by Gasteiger charge is 2.06. The molecule has 0 aliphatic rings. The number of carbonyl (C=O) groups excluding carboxylic acids is 1. The molecule has 6 nitrogen and oxygen atoms in total. The number of aromatic hydroxyl groups is 1. The topological polar surface area (TPSA) is 74.8 Å². The van der Waals surface area contributed by atoms with Crippen LogP contribution in [0.1, 0.15) is 5.56 Å². The van der Waals surface area contributed by atoms with Gasteiger partial charge in [-0.3, -0.25) is 4.79 Å². The van der Waals surface area contributed by atoms with Gasteiger partial charge < -0.3 is 9.84 Å². The highest BCUT2D eigenvalue weighted by molar-refractivity contribution is 5.82. The Balaban J connectivity index is 1.91. The zero-order valence-corrected chi connectivity index (χ0v) is 11.6. The van der Waals surface area contributed by atoms with Crippen LogP contribution in [-0.4, -0.2) is 24.3 Å². The second kappa shape index (κ2) is 7.04. The van der Waals surface area contributed by atoms with Crippen LogP contribution in [0.4, 0.5) is 0 Å². The van der Waals surface area contributed by atoms with Crippen LogP contribution >= 0.6 is 0 Å². The molecule has 1 aromatic heterocycles. The van der Waals surface area contributed by atoms with E-state index in [0.29, 0.717) is 11.3 Å². The van der Waals surface area contributed by atoms with Gasteiger partial charge in [-0.05, 0) is 23.8 Å². The van der Waals surface area contributed by atoms with Gasteiger partial charge in [0.2, 0.25) is 6.54 Å². The first-order chi connectivity index (χ1) is 10.2. The van der Waals surface area contributed by atoms with Crippen molar-refractivity contribution in [2.45, 2.75) is 6.54 Å². The van der Waals surface area contributed by atoms with Gasteiger partial charge in [0.25, 0.3) is 0 Å². The molecule has 0 radical (unpaired) electrons. The van der Waals surface area contributed by atoms with Gasteiger partial charge in [0.1, 0.15) is 0 Å². The van der Waals surface area contributed by atoms with Crippen molar-refractivity contribution in [3.63, 3.8) is 0 Å². The molecule has 0 spiro atoms. The Hall–Kier alpha value is -2.89. The highest BCUT2D eigenvalue weighted by Crippen LogP contribution is 2.25. The van der Waals surface area contributed by atoms with Crippen molar-refractivity contribution in [3.05, 3.63) is 54.4 Å². The summed E-state index contributed by atoms with van der Waals surface area (Å²) >= 11 is 0. The first-order valence-electron chi connectivity index (χ1n) is 6.32. The van der Waals surface area contributed by atoms with Gasteiger partial charge in [-0.1, -0.05) is 6.07 Å². The predicted octanol–water partition coefficient (Wildman–Crippen LogP) is 0.839. The number of rotatable bonds is 5. The molecular formula is C15H16N3O3+. The SMILES string of the molecule is COc1cc(C=NNC(=O)C[n+]2ccccc2)ccc1O. The van der Waals surface area contributed by atoms with Gasteiger partial charge in [0.15, 0.2) is 23.9 Å². The summed E-state index contributed by atoms with van der Waals surface area (Å²) in [5.41, 5.74) is 3.14. The quantitative estimate of drug-likeness (QED) is 0.486. The first kappa shape index (κ1) is 14.5. The maximum atomic E-state index is 11.7. The average Bonchev–Trinajstić information content (AvgIpc) is 2.50. The Morgan fingerprint density at radius 1 is 1.38 bits per heavy atom. The molecule has 0 aliphatic heterocycles. The van der Waals surface area contributed by atoms with Crippen molar-refractivity contribution in [1.82, 2.24) is 5.43 Å². The van der Waals surface area contributed by atoms with Crippen LogP contribution in [0.2, 0.25) is 0 Å². The van der Waals surface area contributed by atoms with Crippen molar-refractivity contribution in [2.75, 3.05) is 7.11 Å². The number of phenols is 1. The number of hydrogen-bond donors (Lipinski definition) is 2. The van der Waals surface area contributed by atoms with E-state index in [9.17, 15) is 9.90 Å². The lowest BCUT2D eigenvalue weighted by atomic mass is 10.2. The maximum absolute atomic E-state index is 11.7. The van der Waals surface area contributed by atoms with Gasteiger partial charge in [-0.25, -0.2) is 5.43 Å². The van der Waals surface area contributed by atoms with E-state index in [0.717, 1.165) is 0 Å². The largest absolute Gasteiger partial charge is 0.504 e. The van der Waals surface area contributed by atoms with Crippen LogP contribution in [0, 0.1) is 0 Å². The summed E-state index contributed by atoms with van der Waals surface area (Å²) < 4.78 is 6.73. The minimum atomic E-state index is -0.229. The van der Waals surface area contributed by atoms with Crippen molar-refractivity contribution in [1.29, 1.82) is 0 Å². The van der Waals surface area contributed by atoms with Gasteiger partial charge in [-0.15, -0.1) is 0 Å².